The lowest BCUT2D eigenvalue weighted by Gasteiger charge is -2.17. The van der Waals surface area contributed by atoms with Crippen molar-refractivity contribution in [2.45, 2.75) is 232 Å². The third-order valence-corrected chi connectivity index (χ3v) is 9.45. The Morgan fingerprint density at radius 3 is 1.09 bits per heavy atom. The molecule has 0 aliphatic heterocycles. The molecule has 1 atom stereocenters. The van der Waals surface area contributed by atoms with E-state index < -0.39 is 0 Å². The number of aliphatic hydroxyl groups is 1. The number of carbonyl (C=O) groups excluding carboxylic acids is 1. The molecule has 0 aromatic heterocycles. The topological polar surface area (TPSA) is 46.5 Å². The van der Waals surface area contributed by atoms with E-state index in [2.05, 4.69) is 13.8 Å². The summed E-state index contributed by atoms with van der Waals surface area (Å²) < 4.78 is 5.83. The van der Waals surface area contributed by atoms with Crippen LogP contribution in [-0.2, 0) is 9.53 Å². The fourth-order valence-electron chi connectivity index (χ4n) is 6.41. The summed E-state index contributed by atoms with van der Waals surface area (Å²) in [6.07, 6.45) is 44.2. The van der Waals surface area contributed by atoms with Crippen LogP contribution in [0.5, 0.6) is 0 Å². The van der Waals surface area contributed by atoms with Gasteiger partial charge in [-0.25, -0.2) is 0 Å². The Bertz CT molecular complexity index is 520. The fourth-order valence-corrected chi connectivity index (χ4v) is 6.41. The highest BCUT2D eigenvalue weighted by Crippen LogP contribution is 2.21. The number of aliphatic hydroxyl groups excluding tert-OH is 1. The van der Waals surface area contributed by atoms with E-state index in [1.807, 2.05) is 0 Å². The summed E-state index contributed by atoms with van der Waals surface area (Å²) in [6.45, 7) is 5.59. The molecule has 0 radical (unpaired) electrons. The van der Waals surface area contributed by atoms with Crippen molar-refractivity contribution in [2.75, 3.05) is 13.2 Å². The third-order valence-electron chi connectivity index (χ3n) is 9.45. The number of esters is 1. The summed E-state index contributed by atoms with van der Waals surface area (Å²) in [6, 6.07) is 0. The van der Waals surface area contributed by atoms with Gasteiger partial charge in [0.2, 0.25) is 0 Å². The van der Waals surface area contributed by atoms with Crippen molar-refractivity contribution >= 4 is 5.97 Å². The molecule has 0 aliphatic rings. The second-order valence-corrected chi connectivity index (χ2v) is 13.9. The molecule has 0 amide bonds. The molecular weight excluding hydrogens is 528 g/mol. The Kier molecular flexibility index (Phi) is 37.1. The zero-order valence-electron chi connectivity index (χ0n) is 29.8. The van der Waals surface area contributed by atoms with E-state index in [-0.39, 0.29) is 5.97 Å². The monoisotopic (exact) mass is 609 g/mol. The molecule has 0 bridgehead atoms. The summed E-state index contributed by atoms with van der Waals surface area (Å²) in [7, 11) is 0. The highest BCUT2D eigenvalue weighted by molar-refractivity contribution is 5.69. The van der Waals surface area contributed by atoms with Crippen LogP contribution < -0.4 is 0 Å². The van der Waals surface area contributed by atoms with Crippen molar-refractivity contribution < 1.29 is 14.6 Å². The Balaban J connectivity index is 3.92. The Morgan fingerprint density at radius 1 is 0.442 bits per heavy atom. The zero-order chi connectivity index (χ0) is 31.3. The molecule has 0 fully saturated rings. The molecule has 0 saturated heterocycles. The first-order valence-corrected chi connectivity index (χ1v) is 20.0. The van der Waals surface area contributed by atoms with Crippen molar-refractivity contribution in [3.63, 3.8) is 0 Å². The Hall–Kier alpha value is -0.570. The van der Waals surface area contributed by atoms with Gasteiger partial charge in [0.1, 0.15) is 0 Å². The van der Waals surface area contributed by atoms with Gasteiger partial charge in [-0.2, -0.15) is 0 Å². The number of hydrogen-bond acceptors (Lipinski definition) is 3. The summed E-state index contributed by atoms with van der Waals surface area (Å²) in [4.78, 5) is 12.5. The third kappa shape index (κ3) is 35.8. The second-order valence-electron chi connectivity index (χ2n) is 13.9. The van der Waals surface area contributed by atoms with Gasteiger partial charge < -0.3 is 9.84 Å². The van der Waals surface area contributed by atoms with Crippen molar-refractivity contribution in [1.29, 1.82) is 0 Å². The fraction of sp³-hybridized carbons (Fsp3) is 0.975. The van der Waals surface area contributed by atoms with E-state index in [4.69, 9.17) is 9.84 Å². The van der Waals surface area contributed by atoms with E-state index in [0.29, 0.717) is 25.6 Å². The standard InChI is InChI=1S/C40H80O3/c1-3-5-7-9-11-13-19-23-27-31-35-39(34-30-26-22-12-10-8-6-4-2)38-43-40(42)36-32-28-24-20-17-15-14-16-18-21-25-29-33-37-41/h39,41H,3-38H2,1-2H3. The predicted molar refractivity (Wildman–Crippen MR) is 190 cm³/mol. The van der Waals surface area contributed by atoms with Crippen LogP contribution in [0.15, 0.2) is 0 Å². The maximum Gasteiger partial charge on any atom is 0.305 e. The summed E-state index contributed by atoms with van der Waals surface area (Å²) >= 11 is 0. The van der Waals surface area contributed by atoms with E-state index >= 15 is 0 Å². The minimum atomic E-state index is 0.0444. The highest BCUT2D eigenvalue weighted by atomic mass is 16.5. The van der Waals surface area contributed by atoms with E-state index in [0.717, 1.165) is 12.8 Å². The molecule has 1 N–H and O–H groups in total. The minimum Gasteiger partial charge on any atom is -0.465 e. The van der Waals surface area contributed by atoms with Gasteiger partial charge in [-0.3, -0.25) is 4.79 Å². The van der Waals surface area contributed by atoms with Crippen molar-refractivity contribution in [1.82, 2.24) is 0 Å². The van der Waals surface area contributed by atoms with Crippen LogP contribution in [0.2, 0.25) is 0 Å². The smallest absolute Gasteiger partial charge is 0.305 e. The SMILES string of the molecule is CCCCCCCCCCCCC(CCCCCCCCCC)COC(=O)CCCCCCCCCCCCCCCO. The maximum absolute atomic E-state index is 12.5. The summed E-state index contributed by atoms with van der Waals surface area (Å²) in [5, 5.41) is 8.83. The first kappa shape index (κ1) is 42.4. The number of ether oxygens (including phenoxy) is 1. The first-order valence-electron chi connectivity index (χ1n) is 20.0. The lowest BCUT2D eigenvalue weighted by Crippen LogP contribution is -2.14. The molecule has 258 valence electrons. The second kappa shape index (κ2) is 37.6. The lowest BCUT2D eigenvalue weighted by molar-refractivity contribution is -0.145. The van der Waals surface area contributed by atoms with Gasteiger partial charge in [-0.05, 0) is 31.6 Å². The lowest BCUT2D eigenvalue weighted by atomic mass is 9.94. The number of unbranched alkanes of at least 4 members (excludes halogenated alkanes) is 28. The van der Waals surface area contributed by atoms with Crippen molar-refractivity contribution in [2.24, 2.45) is 5.92 Å². The molecule has 3 nitrogen and oxygen atoms in total. The molecule has 43 heavy (non-hydrogen) atoms. The average molecular weight is 609 g/mol. The molecule has 0 spiro atoms. The quantitative estimate of drug-likeness (QED) is 0.0563. The maximum atomic E-state index is 12.5. The van der Waals surface area contributed by atoms with Crippen LogP contribution in [0, 0.1) is 5.92 Å². The van der Waals surface area contributed by atoms with E-state index in [1.54, 1.807) is 0 Å². The Labute approximate surface area is 271 Å². The van der Waals surface area contributed by atoms with Gasteiger partial charge in [-0.15, -0.1) is 0 Å². The van der Waals surface area contributed by atoms with Crippen LogP contribution in [0.1, 0.15) is 232 Å². The predicted octanol–water partition coefficient (Wildman–Crippen LogP) is 13.4. The largest absolute Gasteiger partial charge is 0.465 e. The molecule has 1 unspecified atom stereocenters. The van der Waals surface area contributed by atoms with Gasteiger partial charge in [0.25, 0.3) is 0 Å². The minimum absolute atomic E-state index is 0.0444. The van der Waals surface area contributed by atoms with Crippen LogP contribution in [-0.4, -0.2) is 24.3 Å². The van der Waals surface area contributed by atoms with Crippen LogP contribution in [0.25, 0.3) is 0 Å². The average Bonchev–Trinajstić information content (AvgIpc) is 3.01. The number of rotatable bonds is 37. The van der Waals surface area contributed by atoms with Crippen molar-refractivity contribution in [3.8, 4) is 0 Å². The van der Waals surface area contributed by atoms with Gasteiger partial charge in [0.05, 0.1) is 6.61 Å². The molecular formula is C40H80O3. The molecule has 0 aromatic carbocycles. The first-order chi connectivity index (χ1) is 21.2. The van der Waals surface area contributed by atoms with Gasteiger partial charge >= 0.3 is 5.97 Å². The van der Waals surface area contributed by atoms with Gasteiger partial charge in [-0.1, -0.05) is 200 Å². The van der Waals surface area contributed by atoms with Gasteiger partial charge in [0.15, 0.2) is 0 Å². The van der Waals surface area contributed by atoms with Crippen LogP contribution in [0.4, 0.5) is 0 Å². The zero-order valence-corrected chi connectivity index (χ0v) is 29.8. The van der Waals surface area contributed by atoms with Crippen LogP contribution in [0.3, 0.4) is 0 Å². The molecule has 3 heteroatoms. The number of carbonyl (C=O) groups is 1. The molecule has 0 heterocycles. The van der Waals surface area contributed by atoms with Crippen molar-refractivity contribution in [3.05, 3.63) is 0 Å². The Morgan fingerprint density at radius 2 is 0.744 bits per heavy atom. The van der Waals surface area contributed by atoms with Gasteiger partial charge in [0, 0.05) is 13.0 Å². The molecule has 0 aliphatic carbocycles. The highest BCUT2D eigenvalue weighted by Gasteiger charge is 2.12. The molecule has 0 rings (SSSR count). The normalized spacial score (nSPS) is 12.2. The van der Waals surface area contributed by atoms with E-state index in [9.17, 15) is 4.79 Å². The number of hydrogen-bond donors (Lipinski definition) is 1. The summed E-state index contributed by atoms with van der Waals surface area (Å²) in [5.74, 6) is 0.613. The van der Waals surface area contributed by atoms with Crippen LogP contribution >= 0.6 is 0 Å². The molecule has 0 saturated carbocycles. The molecule has 0 aromatic rings. The summed E-state index contributed by atoms with van der Waals surface area (Å²) in [5.41, 5.74) is 0. The van der Waals surface area contributed by atoms with E-state index in [1.165, 1.54) is 199 Å².